The predicted molar refractivity (Wildman–Crippen MR) is 59.9 cm³/mol. The molecule has 1 fully saturated rings. The van der Waals surface area contributed by atoms with Crippen molar-refractivity contribution in [3.8, 4) is 5.75 Å². The molecule has 0 aliphatic heterocycles. The van der Waals surface area contributed by atoms with Gasteiger partial charge in [-0.3, -0.25) is 0 Å². The molecule has 0 heterocycles. The van der Waals surface area contributed by atoms with Gasteiger partial charge in [-0.15, -0.1) is 0 Å². The number of ether oxygens (including phenoxy) is 1. The van der Waals surface area contributed by atoms with E-state index in [9.17, 15) is 9.50 Å². The summed E-state index contributed by atoms with van der Waals surface area (Å²) in [5.41, 5.74) is 0.376. The lowest BCUT2D eigenvalue weighted by Gasteiger charge is -2.12. The summed E-state index contributed by atoms with van der Waals surface area (Å²) >= 11 is 0. The molecule has 0 aromatic heterocycles. The topological polar surface area (TPSA) is 29.5 Å². The first-order chi connectivity index (χ1) is 7.70. The monoisotopic (exact) mass is 224 g/mol. The van der Waals surface area contributed by atoms with E-state index in [4.69, 9.17) is 4.74 Å². The molecule has 1 aromatic carbocycles. The zero-order valence-corrected chi connectivity index (χ0v) is 9.45. The first-order valence-electron chi connectivity index (χ1n) is 5.72. The number of aliphatic hydroxyl groups excluding tert-OH is 1. The molecule has 0 spiro atoms. The number of hydrogen-bond donors (Lipinski definition) is 1. The number of halogens is 1. The molecule has 1 aliphatic rings. The summed E-state index contributed by atoms with van der Waals surface area (Å²) in [6, 6.07) is 4.60. The number of benzene rings is 1. The molecule has 1 aliphatic carbocycles. The molecule has 0 bridgehead atoms. The minimum Gasteiger partial charge on any atom is -0.497 e. The highest BCUT2D eigenvalue weighted by Gasteiger charge is 2.23. The summed E-state index contributed by atoms with van der Waals surface area (Å²) in [6.45, 7) is 0. The zero-order chi connectivity index (χ0) is 11.5. The molecule has 1 N–H and O–H groups in total. The maximum absolute atomic E-state index is 13.6. The van der Waals surface area contributed by atoms with Crippen LogP contribution < -0.4 is 4.74 Å². The maximum Gasteiger partial charge on any atom is 0.132 e. The molecule has 0 saturated heterocycles. The lowest BCUT2D eigenvalue weighted by molar-refractivity contribution is 0.157. The Morgan fingerprint density at radius 1 is 1.50 bits per heavy atom. The van der Waals surface area contributed by atoms with Gasteiger partial charge in [-0.05, 0) is 30.9 Å². The van der Waals surface area contributed by atoms with Crippen LogP contribution in [0.25, 0.3) is 0 Å². The average Bonchev–Trinajstić information content (AvgIpc) is 3.09. The largest absolute Gasteiger partial charge is 0.497 e. The smallest absolute Gasteiger partial charge is 0.132 e. The third kappa shape index (κ3) is 2.73. The standard InChI is InChI=1S/C13H17FO2/c1-16-10-5-6-11(12(14)8-10)13(15)7-4-9-2-3-9/h5-6,8-9,13,15H,2-4,7H2,1H3. The number of rotatable bonds is 5. The van der Waals surface area contributed by atoms with Crippen LogP contribution in [-0.2, 0) is 0 Å². The maximum atomic E-state index is 13.6. The molecular weight excluding hydrogens is 207 g/mol. The molecule has 2 nitrogen and oxygen atoms in total. The van der Waals surface area contributed by atoms with Gasteiger partial charge >= 0.3 is 0 Å². The van der Waals surface area contributed by atoms with Gasteiger partial charge in [0, 0.05) is 11.6 Å². The van der Waals surface area contributed by atoms with Gasteiger partial charge in [0.05, 0.1) is 13.2 Å². The van der Waals surface area contributed by atoms with Crippen LogP contribution in [0.2, 0.25) is 0 Å². The van der Waals surface area contributed by atoms with Gasteiger partial charge in [-0.1, -0.05) is 12.8 Å². The van der Waals surface area contributed by atoms with E-state index in [1.807, 2.05) is 0 Å². The third-order valence-corrected chi connectivity index (χ3v) is 3.11. The van der Waals surface area contributed by atoms with Crippen molar-refractivity contribution in [1.82, 2.24) is 0 Å². The predicted octanol–water partition coefficient (Wildman–Crippen LogP) is 3.06. The summed E-state index contributed by atoms with van der Waals surface area (Å²) < 4.78 is 18.5. The molecule has 1 saturated carbocycles. The molecule has 0 amide bonds. The van der Waals surface area contributed by atoms with E-state index in [0.29, 0.717) is 17.7 Å². The summed E-state index contributed by atoms with van der Waals surface area (Å²) in [7, 11) is 1.50. The van der Waals surface area contributed by atoms with Crippen molar-refractivity contribution < 1.29 is 14.2 Å². The van der Waals surface area contributed by atoms with Crippen molar-refractivity contribution in [2.45, 2.75) is 31.8 Å². The van der Waals surface area contributed by atoms with Gasteiger partial charge in [0.1, 0.15) is 11.6 Å². The van der Waals surface area contributed by atoms with Crippen LogP contribution >= 0.6 is 0 Å². The molecule has 1 atom stereocenters. The Morgan fingerprint density at radius 3 is 2.81 bits per heavy atom. The molecule has 0 radical (unpaired) electrons. The average molecular weight is 224 g/mol. The molecule has 2 rings (SSSR count). The van der Waals surface area contributed by atoms with Gasteiger partial charge in [0.15, 0.2) is 0 Å². The van der Waals surface area contributed by atoms with Crippen molar-refractivity contribution in [2.75, 3.05) is 7.11 Å². The lowest BCUT2D eigenvalue weighted by atomic mass is 10.0. The van der Waals surface area contributed by atoms with Crippen molar-refractivity contribution in [2.24, 2.45) is 5.92 Å². The SMILES string of the molecule is COc1ccc(C(O)CCC2CC2)c(F)c1. The summed E-state index contributed by atoms with van der Waals surface area (Å²) in [6.07, 6.45) is 3.47. The molecular formula is C13H17FO2. The van der Waals surface area contributed by atoms with E-state index in [1.165, 1.54) is 26.0 Å². The minimum absolute atomic E-state index is 0.376. The Bertz CT molecular complexity index is 361. The van der Waals surface area contributed by atoms with Crippen molar-refractivity contribution in [3.63, 3.8) is 0 Å². The van der Waals surface area contributed by atoms with Gasteiger partial charge in [0.25, 0.3) is 0 Å². The summed E-state index contributed by atoms with van der Waals surface area (Å²) in [5, 5.41) is 9.86. The molecule has 16 heavy (non-hydrogen) atoms. The normalized spacial score (nSPS) is 17.2. The Hall–Kier alpha value is -1.09. The van der Waals surface area contributed by atoms with Crippen LogP contribution in [0.15, 0.2) is 18.2 Å². The van der Waals surface area contributed by atoms with Gasteiger partial charge in [0.2, 0.25) is 0 Å². The Kier molecular flexibility index (Phi) is 3.44. The van der Waals surface area contributed by atoms with Gasteiger partial charge in [-0.2, -0.15) is 0 Å². The first kappa shape index (κ1) is 11.4. The van der Waals surface area contributed by atoms with Crippen LogP contribution in [0, 0.1) is 11.7 Å². The van der Waals surface area contributed by atoms with E-state index in [-0.39, 0.29) is 5.82 Å². The molecule has 1 unspecified atom stereocenters. The fourth-order valence-electron chi connectivity index (χ4n) is 1.86. The second-order valence-electron chi connectivity index (χ2n) is 4.42. The van der Waals surface area contributed by atoms with Crippen molar-refractivity contribution in [1.29, 1.82) is 0 Å². The Labute approximate surface area is 95.1 Å². The van der Waals surface area contributed by atoms with E-state index < -0.39 is 6.10 Å². The van der Waals surface area contributed by atoms with Crippen LogP contribution in [0.4, 0.5) is 4.39 Å². The van der Waals surface area contributed by atoms with E-state index in [1.54, 1.807) is 12.1 Å². The summed E-state index contributed by atoms with van der Waals surface area (Å²) in [4.78, 5) is 0. The minimum atomic E-state index is -0.688. The number of methoxy groups -OCH3 is 1. The Balaban J connectivity index is 2.00. The number of hydrogen-bond acceptors (Lipinski definition) is 2. The van der Waals surface area contributed by atoms with Gasteiger partial charge < -0.3 is 9.84 Å². The lowest BCUT2D eigenvalue weighted by Crippen LogP contribution is -2.01. The van der Waals surface area contributed by atoms with Crippen molar-refractivity contribution in [3.05, 3.63) is 29.6 Å². The fourth-order valence-corrected chi connectivity index (χ4v) is 1.86. The van der Waals surface area contributed by atoms with Crippen LogP contribution in [0.5, 0.6) is 5.75 Å². The zero-order valence-electron chi connectivity index (χ0n) is 9.45. The van der Waals surface area contributed by atoms with Gasteiger partial charge in [-0.25, -0.2) is 4.39 Å². The second-order valence-corrected chi connectivity index (χ2v) is 4.42. The molecule has 3 heteroatoms. The first-order valence-corrected chi connectivity index (χ1v) is 5.72. The van der Waals surface area contributed by atoms with Crippen molar-refractivity contribution >= 4 is 0 Å². The van der Waals surface area contributed by atoms with Crippen LogP contribution in [0.1, 0.15) is 37.4 Å². The third-order valence-electron chi connectivity index (χ3n) is 3.11. The molecule has 88 valence electrons. The summed E-state index contributed by atoms with van der Waals surface area (Å²) in [5.74, 6) is 0.856. The van der Waals surface area contributed by atoms with Crippen LogP contribution in [0.3, 0.4) is 0 Å². The quantitative estimate of drug-likeness (QED) is 0.833. The second kappa shape index (κ2) is 4.83. The fraction of sp³-hybridized carbons (Fsp3) is 0.538. The van der Waals surface area contributed by atoms with E-state index >= 15 is 0 Å². The van der Waals surface area contributed by atoms with E-state index in [2.05, 4.69) is 0 Å². The highest BCUT2D eigenvalue weighted by atomic mass is 19.1. The Morgan fingerprint density at radius 2 is 2.25 bits per heavy atom. The van der Waals surface area contributed by atoms with E-state index in [0.717, 1.165) is 12.3 Å². The van der Waals surface area contributed by atoms with Crippen LogP contribution in [-0.4, -0.2) is 12.2 Å². The molecule has 1 aromatic rings. The highest BCUT2D eigenvalue weighted by molar-refractivity contribution is 5.30. The number of aliphatic hydroxyl groups is 1. The highest BCUT2D eigenvalue weighted by Crippen LogP contribution is 2.36.